The molecule has 0 bridgehead atoms. The fourth-order valence-electron chi connectivity index (χ4n) is 2.83. The molecule has 0 spiro atoms. The Labute approximate surface area is 151 Å². The average molecular weight is 352 g/mol. The molecule has 0 fully saturated rings. The van der Waals surface area contributed by atoms with E-state index in [1.54, 1.807) is 0 Å². The highest BCUT2D eigenvalue weighted by molar-refractivity contribution is 5.94. The van der Waals surface area contributed by atoms with Gasteiger partial charge in [0.1, 0.15) is 5.82 Å². The molecule has 0 aliphatic rings. The summed E-state index contributed by atoms with van der Waals surface area (Å²) in [5.74, 6) is -0.265. The molecule has 1 amide bonds. The van der Waals surface area contributed by atoms with Gasteiger partial charge in [-0.2, -0.15) is 0 Å². The number of carbonyl (C=O) groups excluding carboxylic acids is 1. The Hall–Kier alpha value is -2.95. The number of benzene rings is 2. The van der Waals surface area contributed by atoms with E-state index in [2.05, 4.69) is 30.2 Å². The summed E-state index contributed by atoms with van der Waals surface area (Å²) in [6.45, 7) is 4.58. The van der Waals surface area contributed by atoms with Gasteiger partial charge in [0.25, 0.3) is 11.5 Å². The lowest BCUT2D eigenvalue weighted by Gasteiger charge is -2.09. The lowest BCUT2D eigenvalue weighted by molar-refractivity contribution is 0.0954. The first kappa shape index (κ1) is 17.9. The zero-order valence-corrected chi connectivity index (χ0v) is 14.8. The maximum atomic E-state index is 12.9. The summed E-state index contributed by atoms with van der Waals surface area (Å²) in [6.07, 6.45) is 0.421. The number of aromatic amines is 1. The number of hydrogen-bond acceptors (Lipinski definition) is 2. The van der Waals surface area contributed by atoms with Crippen molar-refractivity contribution < 1.29 is 9.18 Å². The van der Waals surface area contributed by atoms with Crippen molar-refractivity contribution in [3.05, 3.63) is 81.4 Å². The standard InChI is InChI=1S/C21H21FN2O2/c1-13(2)15-5-8-19-17(11-15)12-16(21(26)24-19)9-10-23-20(25)14-3-6-18(22)7-4-14/h3-8,11-13H,9-10H2,1-2H3,(H,23,25)(H,24,26). The Morgan fingerprint density at radius 1 is 1.12 bits per heavy atom. The number of aromatic nitrogens is 1. The van der Waals surface area contributed by atoms with Gasteiger partial charge in [-0.3, -0.25) is 9.59 Å². The second-order valence-corrected chi connectivity index (χ2v) is 6.64. The highest BCUT2D eigenvalue weighted by Gasteiger charge is 2.08. The van der Waals surface area contributed by atoms with Crippen LogP contribution >= 0.6 is 0 Å². The second kappa shape index (κ2) is 7.52. The number of halogens is 1. The largest absolute Gasteiger partial charge is 0.352 e. The molecule has 0 saturated heterocycles. The third-order valence-electron chi connectivity index (χ3n) is 4.40. The van der Waals surface area contributed by atoms with E-state index in [4.69, 9.17) is 0 Å². The summed E-state index contributed by atoms with van der Waals surface area (Å²) in [5, 5.41) is 3.74. The molecule has 0 aliphatic heterocycles. The molecule has 3 rings (SSSR count). The summed E-state index contributed by atoms with van der Waals surface area (Å²) in [5.41, 5.74) is 2.88. The van der Waals surface area contributed by atoms with Crippen LogP contribution in [0.3, 0.4) is 0 Å². The van der Waals surface area contributed by atoms with E-state index in [9.17, 15) is 14.0 Å². The molecule has 3 aromatic rings. The van der Waals surface area contributed by atoms with Crippen molar-refractivity contribution in [1.82, 2.24) is 10.3 Å². The predicted octanol–water partition coefficient (Wildman–Crippen LogP) is 3.76. The Morgan fingerprint density at radius 2 is 1.85 bits per heavy atom. The van der Waals surface area contributed by atoms with Gasteiger partial charge in [-0.05, 0) is 65.8 Å². The number of amides is 1. The minimum atomic E-state index is -0.384. The second-order valence-electron chi connectivity index (χ2n) is 6.64. The number of pyridine rings is 1. The number of hydrogen-bond donors (Lipinski definition) is 2. The van der Waals surface area contributed by atoms with Gasteiger partial charge in [-0.1, -0.05) is 19.9 Å². The van der Waals surface area contributed by atoms with Crippen molar-refractivity contribution in [2.24, 2.45) is 0 Å². The molecule has 0 atom stereocenters. The van der Waals surface area contributed by atoms with E-state index in [1.807, 2.05) is 18.2 Å². The predicted molar refractivity (Wildman–Crippen MR) is 101 cm³/mol. The first-order valence-electron chi connectivity index (χ1n) is 8.63. The third kappa shape index (κ3) is 3.99. The van der Waals surface area contributed by atoms with Crippen molar-refractivity contribution in [1.29, 1.82) is 0 Å². The molecule has 2 N–H and O–H groups in total. The molecule has 4 nitrogen and oxygen atoms in total. The van der Waals surface area contributed by atoms with Gasteiger partial charge in [0.05, 0.1) is 0 Å². The summed E-state index contributed by atoms with van der Waals surface area (Å²) >= 11 is 0. The van der Waals surface area contributed by atoms with Gasteiger partial charge in [-0.15, -0.1) is 0 Å². The zero-order valence-electron chi connectivity index (χ0n) is 14.8. The van der Waals surface area contributed by atoms with E-state index in [0.717, 1.165) is 10.9 Å². The van der Waals surface area contributed by atoms with Crippen LogP contribution in [0.4, 0.5) is 4.39 Å². The van der Waals surface area contributed by atoms with Crippen molar-refractivity contribution >= 4 is 16.8 Å². The van der Waals surface area contributed by atoms with Crippen molar-refractivity contribution in [3.8, 4) is 0 Å². The normalized spacial score (nSPS) is 11.1. The zero-order chi connectivity index (χ0) is 18.7. The van der Waals surface area contributed by atoms with Gasteiger partial charge in [-0.25, -0.2) is 4.39 Å². The molecule has 5 heteroatoms. The fraction of sp³-hybridized carbons (Fsp3) is 0.238. The van der Waals surface area contributed by atoms with E-state index in [0.29, 0.717) is 30.0 Å². The molecule has 0 unspecified atom stereocenters. The fourth-order valence-corrected chi connectivity index (χ4v) is 2.83. The lowest BCUT2D eigenvalue weighted by atomic mass is 10.0. The minimum absolute atomic E-state index is 0.147. The van der Waals surface area contributed by atoms with Crippen LogP contribution in [0.25, 0.3) is 10.9 Å². The highest BCUT2D eigenvalue weighted by Crippen LogP contribution is 2.20. The first-order valence-corrected chi connectivity index (χ1v) is 8.63. The summed E-state index contributed by atoms with van der Waals surface area (Å²) in [4.78, 5) is 27.2. The Bertz CT molecular complexity index is 991. The number of H-pyrrole nitrogens is 1. The van der Waals surface area contributed by atoms with Crippen LogP contribution < -0.4 is 10.9 Å². The molecule has 1 heterocycles. The Balaban J connectivity index is 1.71. The number of carbonyl (C=O) groups is 1. The van der Waals surface area contributed by atoms with Crippen molar-refractivity contribution in [3.63, 3.8) is 0 Å². The van der Waals surface area contributed by atoms with Crippen molar-refractivity contribution in [2.45, 2.75) is 26.2 Å². The van der Waals surface area contributed by atoms with Gasteiger partial charge >= 0.3 is 0 Å². The van der Waals surface area contributed by atoms with Crippen LogP contribution in [0.2, 0.25) is 0 Å². The average Bonchev–Trinajstić information content (AvgIpc) is 2.62. The SMILES string of the molecule is CC(C)c1ccc2[nH]c(=O)c(CCNC(=O)c3ccc(F)cc3)cc2c1. The van der Waals surface area contributed by atoms with Gasteiger partial charge in [0.15, 0.2) is 0 Å². The van der Waals surface area contributed by atoms with Crippen LogP contribution in [0.1, 0.15) is 41.3 Å². The molecule has 134 valence electrons. The molecule has 0 radical (unpaired) electrons. The molecule has 26 heavy (non-hydrogen) atoms. The Morgan fingerprint density at radius 3 is 2.54 bits per heavy atom. The van der Waals surface area contributed by atoms with Crippen LogP contribution in [-0.2, 0) is 6.42 Å². The smallest absolute Gasteiger partial charge is 0.251 e. The third-order valence-corrected chi connectivity index (χ3v) is 4.40. The van der Waals surface area contributed by atoms with Crippen LogP contribution in [-0.4, -0.2) is 17.4 Å². The van der Waals surface area contributed by atoms with Gasteiger partial charge < -0.3 is 10.3 Å². The first-order chi connectivity index (χ1) is 12.4. The van der Waals surface area contributed by atoms with Crippen molar-refractivity contribution in [2.75, 3.05) is 6.54 Å². The molecular formula is C21H21FN2O2. The van der Waals surface area contributed by atoms with Crippen LogP contribution in [0, 0.1) is 5.82 Å². The highest BCUT2D eigenvalue weighted by atomic mass is 19.1. The molecule has 2 aromatic carbocycles. The van der Waals surface area contributed by atoms with E-state index >= 15 is 0 Å². The number of fused-ring (bicyclic) bond motifs is 1. The van der Waals surface area contributed by atoms with Crippen LogP contribution in [0.15, 0.2) is 53.3 Å². The van der Waals surface area contributed by atoms with E-state index < -0.39 is 0 Å². The number of nitrogens with one attached hydrogen (secondary N) is 2. The van der Waals surface area contributed by atoms with E-state index in [-0.39, 0.29) is 17.3 Å². The van der Waals surface area contributed by atoms with Gasteiger partial charge in [0.2, 0.25) is 0 Å². The van der Waals surface area contributed by atoms with E-state index in [1.165, 1.54) is 29.8 Å². The molecule has 0 aliphatic carbocycles. The molecule has 1 aromatic heterocycles. The maximum Gasteiger partial charge on any atom is 0.251 e. The Kier molecular flexibility index (Phi) is 5.16. The monoisotopic (exact) mass is 352 g/mol. The summed E-state index contributed by atoms with van der Waals surface area (Å²) in [7, 11) is 0. The minimum Gasteiger partial charge on any atom is -0.352 e. The van der Waals surface area contributed by atoms with Gasteiger partial charge in [0, 0.05) is 23.2 Å². The summed E-state index contributed by atoms with van der Waals surface area (Å²) < 4.78 is 12.9. The maximum absolute atomic E-state index is 12.9. The van der Waals surface area contributed by atoms with Crippen LogP contribution in [0.5, 0.6) is 0 Å². The quantitative estimate of drug-likeness (QED) is 0.734. The lowest BCUT2D eigenvalue weighted by Crippen LogP contribution is -2.27. The summed E-state index contributed by atoms with van der Waals surface area (Å²) in [6, 6.07) is 13.3. The molecule has 0 saturated carbocycles. The number of rotatable bonds is 5. The topological polar surface area (TPSA) is 62.0 Å². The molecular weight excluding hydrogens is 331 g/mol.